The lowest BCUT2D eigenvalue weighted by Gasteiger charge is -2.32. The van der Waals surface area contributed by atoms with Crippen LogP contribution in [0.15, 0.2) is 24.3 Å². The van der Waals surface area contributed by atoms with Crippen molar-refractivity contribution in [3.05, 3.63) is 29.8 Å². The quantitative estimate of drug-likeness (QED) is 0.926. The van der Waals surface area contributed by atoms with Crippen molar-refractivity contribution < 1.29 is 4.79 Å². The highest BCUT2D eigenvalue weighted by atomic mass is 16.2. The summed E-state index contributed by atoms with van der Waals surface area (Å²) in [5, 5.41) is 3.08. The monoisotopic (exact) mass is 289 g/mol. The van der Waals surface area contributed by atoms with Crippen molar-refractivity contribution >= 4 is 11.6 Å². The Balaban J connectivity index is 1.97. The molecule has 1 aliphatic heterocycles. The topological polar surface area (TPSA) is 35.6 Å². The predicted molar refractivity (Wildman–Crippen MR) is 87.7 cm³/mol. The van der Waals surface area contributed by atoms with E-state index in [0.717, 1.165) is 31.9 Å². The third-order valence-electron chi connectivity index (χ3n) is 3.97. The molecule has 21 heavy (non-hydrogen) atoms. The maximum Gasteiger partial charge on any atom is 0.238 e. The van der Waals surface area contributed by atoms with Crippen LogP contribution in [0, 0.1) is 0 Å². The summed E-state index contributed by atoms with van der Waals surface area (Å²) in [6.45, 7) is 11.0. The molecule has 1 aliphatic rings. The molecule has 0 bridgehead atoms. The van der Waals surface area contributed by atoms with Gasteiger partial charge in [0.15, 0.2) is 0 Å². The number of carbonyl (C=O) groups excluding carboxylic acids is 1. The summed E-state index contributed by atoms with van der Waals surface area (Å²) in [5.41, 5.74) is 2.14. The number of hydrogen-bond donors (Lipinski definition) is 1. The summed E-state index contributed by atoms with van der Waals surface area (Å²) in [6, 6.07) is 8.07. The summed E-state index contributed by atoms with van der Waals surface area (Å²) in [6.07, 6.45) is 0. The van der Waals surface area contributed by atoms with E-state index in [4.69, 9.17) is 0 Å². The van der Waals surface area contributed by atoms with Crippen molar-refractivity contribution in [1.82, 2.24) is 9.80 Å². The van der Waals surface area contributed by atoms with Crippen LogP contribution in [0.25, 0.3) is 0 Å². The first kappa shape index (κ1) is 16.0. The number of anilines is 1. The van der Waals surface area contributed by atoms with Gasteiger partial charge in [-0.25, -0.2) is 0 Å². The minimum Gasteiger partial charge on any atom is -0.325 e. The van der Waals surface area contributed by atoms with Crippen molar-refractivity contribution in [1.29, 1.82) is 0 Å². The number of rotatable bonds is 3. The second-order valence-corrected chi connectivity index (χ2v) is 6.92. The Morgan fingerprint density at radius 1 is 1.14 bits per heavy atom. The first-order chi connectivity index (χ1) is 9.86. The van der Waals surface area contributed by atoms with Crippen LogP contribution in [0.3, 0.4) is 0 Å². The number of nitrogens with one attached hydrogen (secondary N) is 1. The van der Waals surface area contributed by atoms with Gasteiger partial charge in [-0.3, -0.25) is 9.69 Å². The molecule has 0 saturated carbocycles. The highest BCUT2D eigenvalue weighted by Crippen LogP contribution is 2.29. The molecule has 1 aromatic carbocycles. The summed E-state index contributed by atoms with van der Waals surface area (Å²) in [5.74, 6) is 0.0799. The Bertz CT molecular complexity index is 485. The van der Waals surface area contributed by atoms with Gasteiger partial charge < -0.3 is 10.2 Å². The number of hydrogen-bond acceptors (Lipinski definition) is 3. The molecule has 1 amide bonds. The summed E-state index contributed by atoms with van der Waals surface area (Å²) in [4.78, 5) is 16.8. The largest absolute Gasteiger partial charge is 0.325 e. The molecule has 0 radical (unpaired) electrons. The zero-order chi connectivity index (χ0) is 15.5. The van der Waals surface area contributed by atoms with Gasteiger partial charge >= 0.3 is 0 Å². The molecule has 4 heteroatoms. The van der Waals surface area contributed by atoms with Crippen LogP contribution < -0.4 is 5.32 Å². The van der Waals surface area contributed by atoms with E-state index in [2.05, 4.69) is 49.0 Å². The Hall–Kier alpha value is -1.39. The fourth-order valence-electron chi connectivity index (χ4n) is 2.64. The number of benzene rings is 1. The van der Waals surface area contributed by atoms with E-state index in [1.54, 1.807) is 0 Å². The number of amides is 1. The summed E-state index contributed by atoms with van der Waals surface area (Å²) >= 11 is 0. The van der Waals surface area contributed by atoms with E-state index in [-0.39, 0.29) is 11.3 Å². The lowest BCUT2D eigenvalue weighted by molar-refractivity contribution is -0.117. The zero-order valence-corrected chi connectivity index (χ0v) is 13.6. The standard InChI is InChI=1S/C17H27N3O/c1-17(2,3)14-7-5-6-8-15(14)18-16(21)13-20-11-9-19(4)10-12-20/h5-8H,9-13H2,1-4H3,(H,18,21). The molecule has 0 spiro atoms. The summed E-state index contributed by atoms with van der Waals surface area (Å²) in [7, 11) is 2.12. The molecule has 1 fully saturated rings. The maximum atomic E-state index is 12.3. The van der Waals surface area contributed by atoms with E-state index < -0.39 is 0 Å². The van der Waals surface area contributed by atoms with Crippen LogP contribution in [0.2, 0.25) is 0 Å². The molecule has 0 aromatic heterocycles. The molecule has 2 rings (SSSR count). The van der Waals surface area contributed by atoms with E-state index in [9.17, 15) is 4.79 Å². The predicted octanol–water partition coefficient (Wildman–Crippen LogP) is 2.17. The molecule has 116 valence electrons. The van der Waals surface area contributed by atoms with E-state index >= 15 is 0 Å². The minimum atomic E-state index is 0.0255. The second-order valence-electron chi connectivity index (χ2n) is 6.92. The molecule has 0 unspecified atom stereocenters. The average molecular weight is 289 g/mol. The summed E-state index contributed by atoms with van der Waals surface area (Å²) < 4.78 is 0. The van der Waals surface area contributed by atoms with Crippen molar-refractivity contribution in [2.24, 2.45) is 0 Å². The van der Waals surface area contributed by atoms with Crippen LogP contribution >= 0.6 is 0 Å². The van der Waals surface area contributed by atoms with Crippen LogP contribution in [0.5, 0.6) is 0 Å². The number of nitrogens with zero attached hydrogens (tertiary/aromatic N) is 2. The van der Waals surface area contributed by atoms with Gasteiger partial charge in [-0.05, 0) is 24.1 Å². The van der Waals surface area contributed by atoms with E-state index in [1.165, 1.54) is 5.56 Å². The van der Waals surface area contributed by atoms with Gasteiger partial charge in [0.2, 0.25) is 5.91 Å². The Labute approximate surface area is 128 Å². The van der Waals surface area contributed by atoms with Crippen molar-refractivity contribution in [3.63, 3.8) is 0 Å². The lowest BCUT2D eigenvalue weighted by atomic mass is 9.86. The lowest BCUT2D eigenvalue weighted by Crippen LogP contribution is -2.47. The molecule has 1 N–H and O–H groups in total. The van der Waals surface area contributed by atoms with Crippen molar-refractivity contribution in [2.45, 2.75) is 26.2 Å². The SMILES string of the molecule is CN1CCN(CC(=O)Nc2ccccc2C(C)(C)C)CC1. The first-order valence-electron chi connectivity index (χ1n) is 7.66. The molecule has 1 saturated heterocycles. The molecule has 1 heterocycles. The van der Waals surface area contributed by atoms with Gasteiger partial charge in [-0.2, -0.15) is 0 Å². The van der Waals surface area contributed by atoms with E-state index in [1.807, 2.05) is 18.2 Å². The molecular formula is C17H27N3O. The molecular weight excluding hydrogens is 262 g/mol. The van der Waals surface area contributed by atoms with Crippen LogP contribution in [-0.2, 0) is 10.2 Å². The fourth-order valence-corrected chi connectivity index (χ4v) is 2.64. The van der Waals surface area contributed by atoms with Gasteiger partial charge in [0.1, 0.15) is 0 Å². The highest BCUT2D eigenvalue weighted by Gasteiger charge is 2.20. The second kappa shape index (κ2) is 6.58. The molecule has 0 aliphatic carbocycles. The molecule has 4 nitrogen and oxygen atoms in total. The minimum absolute atomic E-state index is 0.0255. The fraction of sp³-hybridized carbons (Fsp3) is 0.588. The van der Waals surface area contributed by atoms with Crippen LogP contribution in [0.1, 0.15) is 26.3 Å². The Kier molecular flexibility index (Phi) is 5.01. The number of carbonyl (C=O) groups is 1. The van der Waals surface area contributed by atoms with Gasteiger partial charge in [-0.1, -0.05) is 39.0 Å². The van der Waals surface area contributed by atoms with Gasteiger partial charge in [0, 0.05) is 31.9 Å². The third-order valence-corrected chi connectivity index (χ3v) is 3.97. The number of piperazine rings is 1. The molecule has 0 atom stereocenters. The normalized spacial score (nSPS) is 17.7. The van der Waals surface area contributed by atoms with Crippen molar-refractivity contribution in [3.8, 4) is 0 Å². The first-order valence-corrected chi connectivity index (χ1v) is 7.66. The average Bonchev–Trinajstić information content (AvgIpc) is 2.41. The van der Waals surface area contributed by atoms with Crippen LogP contribution in [-0.4, -0.2) is 55.5 Å². The van der Waals surface area contributed by atoms with Gasteiger partial charge in [0.05, 0.1) is 6.54 Å². The van der Waals surface area contributed by atoms with Crippen molar-refractivity contribution in [2.75, 3.05) is 45.1 Å². The van der Waals surface area contributed by atoms with E-state index in [0.29, 0.717) is 6.54 Å². The maximum absolute atomic E-state index is 12.3. The van der Waals surface area contributed by atoms with Gasteiger partial charge in [0.25, 0.3) is 0 Å². The van der Waals surface area contributed by atoms with Crippen LogP contribution in [0.4, 0.5) is 5.69 Å². The smallest absolute Gasteiger partial charge is 0.238 e. The van der Waals surface area contributed by atoms with Gasteiger partial charge in [-0.15, -0.1) is 0 Å². The Morgan fingerprint density at radius 2 is 1.76 bits per heavy atom. The zero-order valence-electron chi connectivity index (χ0n) is 13.6. The number of para-hydroxylation sites is 1. The number of likely N-dealkylation sites (N-methyl/N-ethyl adjacent to an activating group) is 1. The highest BCUT2D eigenvalue weighted by molar-refractivity contribution is 5.93. The third kappa shape index (κ3) is 4.55. The Morgan fingerprint density at radius 3 is 2.38 bits per heavy atom. The molecule has 1 aromatic rings.